The van der Waals surface area contributed by atoms with Crippen LogP contribution in [0.5, 0.6) is 0 Å². The van der Waals surface area contributed by atoms with Gasteiger partial charge in [0.05, 0.1) is 17.3 Å². The average molecular weight is 236 g/mol. The van der Waals surface area contributed by atoms with Crippen LogP contribution < -0.4 is 0 Å². The van der Waals surface area contributed by atoms with Crippen LogP contribution in [0.3, 0.4) is 0 Å². The van der Waals surface area contributed by atoms with Gasteiger partial charge in [0, 0.05) is 0 Å². The molecule has 1 heterocycles. The fourth-order valence-electron chi connectivity index (χ4n) is 5.24. The van der Waals surface area contributed by atoms with Crippen molar-refractivity contribution in [1.29, 1.82) is 0 Å². The van der Waals surface area contributed by atoms with Crippen molar-refractivity contribution in [2.24, 2.45) is 17.3 Å². The molecular weight excluding hydrogens is 212 g/mol. The Bertz CT molecular complexity index is 364. The molecule has 5 unspecified atom stereocenters. The van der Waals surface area contributed by atoms with Crippen molar-refractivity contribution >= 4 is 0 Å². The molecule has 0 amide bonds. The Morgan fingerprint density at radius 1 is 1.00 bits per heavy atom. The Morgan fingerprint density at radius 3 is 2.59 bits per heavy atom. The third-order valence-electron chi connectivity index (χ3n) is 6.53. The molecule has 0 aromatic carbocycles. The van der Waals surface area contributed by atoms with Gasteiger partial charge < -0.3 is 9.84 Å². The summed E-state index contributed by atoms with van der Waals surface area (Å²) in [5.74, 6) is 1.31. The Labute approximate surface area is 104 Å². The van der Waals surface area contributed by atoms with Crippen molar-refractivity contribution in [1.82, 2.24) is 0 Å². The van der Waals surface area contributed by atoms with E-state index in [0.717, 1.165) is 31.6 Å². The first kappa shape index (κ1) is 10.8. The molecule has 1 N–H and O–H groups in total. The predicted molar refractivity (Wildman–Crippen MR) is 65.6 cm³/mol. The number of hydrogen-bond acceptors (Lipinski definition) is 2. The van der Waals surface area contributed by atoms with Crippen molar-refractivity contribution < 1.29 is 9.84 Å². The van der Waals surface area contributed by atoms with Crippen LogP contribution in [0.4, 0.5) is 0 Å². The molecule has 4 rings (SSSR count). The molecule has 0 aromatic heterocycles. The van der Waals surface area contributed by atoms with Gasteiger partial charge in [0.2, 0.25) is 0 Å². The Morgan fingerprint density at radius 2 is 1.82 bits per heavy atom. The van der Waals surface area contributed by atoms with Crippen LogP contribution in [-0.2, 0) is 4.74 Å². The van der Waals surface area contributed by atoms with Gasteiger partial charge in [0.1, 0.15) is 0 Å². The number of rotatable bonds is 0. The number of fused-ring (bicyclic) bond motifs is 4. The van der Waals surface area contributed by atoms with Crippen molar-refractivity contribution in [2.45, 2.75) is 76.1 Å². The number of epoxide rings is 1. The minimum atomic E-state index is -0.357. The molecule has 17 heavy (non-hydrogen) atoms. The Hall–Kier alpha value is -0.0800. The molecule has 2 heteroatoms. The number of aliphatic hydroxyl groups is 1. The van der Waals surface area contributed by atoms with Gasteiger partial charge in [-0.05, 0) is 62.2 Å². The first-order valence-electron chi connectivity index (χ1n) is 7.36. The van der Waals surface area contributed by atoms with Crippen molar-refractivity contribution in [3.05, 3.63) is 0 Å². The SMILES string of the molecule is CC1(C)CC2C1CCC13CCC2(O)CCC1O3. The van der Waals surface area contributed by atoms with Crippen LogP contribution >= 0.6 is 0 Å². The second-order valence-corrected chi connectivity index (χ2v) is 7.76. The summed E-state index contributed by atoms with van der Waals surface area (Å²) in [7, 11) is 0. The van der Waals surface area contributed by atoms with E-state index >= 15 is 0 Å². The summed E-state index contributed by atoms with van der Waals surface area (Å²) in [6, 6.07) is 0. The summed E-state index contributed by atoms with van der Waals surface area (Å²) in [6.07, 6.45) is 8.41. The second kappa shape index (κ2) is 2.91. The van der Waals surface area contributed by atoms with E-state index in [-0.39, 0.29) is 11.2 Å². The fraction of sp³-hybridized carbons (Fsp3) is 1.00. The normalized spacial score (nSPS) is 59.1. The lowest BCUT2D eigenvalue weighted by molar-refractivity contribution is -0.164. The highest BCUT2D eigenvalue weighted by molar-refractivity contribution is 5.14. The van der Waals surface area contributed by atoms with Crippen LogP contribution in [0.15, 0.2) is 0 Å². The van der Waals surface area contributed by atoms with E-state index in [1.54, 1.807) is 0 Å². The largest absolute Gasteiger partial charge is 0.390 e. The molecule has 4 fully saturated rings. The Kier molecular flexibility index (Phi) is 1.85. The van der Waals surface area contributed by atoms with Crippen LogP contribution in [0, 0.1) is 17.3 Å². The van der Waals surface area contributed by atoms with E-state index in [0.29, 0.717) is 17.4 Å². The lowest BCUT2D eigenvalue weighted by atomic mass is 9.48. The molecule has 1 saturated heterocycles. The molecule has 3 saturated carbocycles. The van der Waals surface area contributed by atoms with Crippen LogP contribution in [0.25, 0.3) is 0 Å². The molecule has 1 aliphatic heterocycles. The van der Waals surface area contributed by atoms with Gasteiger partial charge in [-0.3, -0.25) is 0 Å². The first-order valence-corrected chi connectivity index (χ1v) is 7.36. The standard InChI is InChI=1S/C15H24O2/c1-13(2)9-11-10(13)3-6-15-8-7-14(11,16)5-4-12(15)17-15/h10-12,16H,3-9H2,1-2H3. The zero-order valence-corrected chi connectivity index (χ0v) is 11.0. The number of hydrogen-bond donors (Lipinski definition) is 1. The molecule has 4 aliphatic rings. The summed E-state index contributed by atoms with van der Waals surface area (Å²) in [5.41, 5.74) is 0.289. The first-order chi connectivity index (χ1) is 7.95. The molecule has 96 valence electrons. The van der Waals surface area contributed by atoms with Gasteiger partial charge in [-0.15, -0.1) is 0 Å². The van der Waals surface area contributed by atoms with Crippen LogP contribution in [0.1, 0.15) is 58.8 Å². The van der Waals surface area contributed by atoms with Gasteiger partial charge >= 0.3 is 0 Å². The van der Waals surface area contributed by atoms with Gasteiger partial charge in [0.25, 0.3) is 0 Å². The average Bonchev–Trinajstić information content (AvgIpc) is 2.94. The molecule has 0 radical (unpaired) electrons. The fourth-order valence-corrected chi connectivity index (χ4v) is 5.24. The third-order valence-corrected chi connectivity index (χ3v) is 6.53. The summed E-state index contributed by atoms with van der Waals surface area (Å²) < 4.78 is 5.98. The summed E-state index contributed by atoms with van der Waals surface area (Å²) >= 11 is 0. The highest BCUT2D eigenvalue weighted by Crippen LogP contribution is 2.64. The molecule has 3 aliphatic carbocycles. The topological polar surface area (TPSA) is 32.8 Å². The van der Waals surface area contributed by atoms with Gasteiger partial charge in [-0.25, -0.2) is 0 Å². The van der Waals surface area contributed by atoms with Crippen molar-refractivity contribution in [3.63, 3.8) is 0 Å². The maximum Gasteiger partial charge on any atom is 0.0949 e. The third kappa shape index (κ3) is 1.29. The minimum absolute atomic E-state index is 0.196. The molecule has 1 spiro atoms. The molecule has 5 atom stereocenters. The lowest BCUT2D eigenvalue weighted by Gasteiger charge is -2.59. The zero-order chi connectivity index (χ0) is 11.9. The van der Waals surface area contributed by atoms with E-state index in [2.05, 4.69) is 13.8 Å². The highest BCUT2D eigenvalue weighted by atomic mass is 16.6. The quantitative estimate of drug-likeness (QED) is 0.656. The monoisotopic (exact) mass is 236 g/mol. The van der Waals surface area contributed by atoms with Crippen LogP contribution in [-0.4, -0.2) is 22.4 Å². The molecular formula is C15H24O2. The molecule has 0 aromatic rings. The van der Waals surface area contributed by atoms with Gasteiger partial charge in [-0.2, -0.15) is 0 Å². The van der Waals surface area contributed by atoms with Gasteiger partial charge in [0.15, 0.2) is 0 Å². The van der Waals surface area contributed by atoms with Crippen LogP contribution in [0.2, 0.25) is 0 Å². The predicted octanol–water partition coefficient (Wildman–Crippen LogP) is 2.89. The smallest absolute Gasteiger partial charge is 0.0949 e. The van der Waals surface area contributed by atoms with Crippen molar-refractivity contribution in [3.8, 4) is 0 Å². The van der Waals surface area contributed by atoms with E-state index < -0.39 is 0 Å². The van der Waals surface area contributed by atoms with E-state index in [1.165, 1.54) is 19.3 Å². The zero-order valence-electron chi connectivity index (χ0n) is 11.0. The number of ether oxygens (including phenoxy) is 1. The highest BCUT2D eigenvalue weighted by Gasteiger charge is 2.65. The molecule has 2 bridgehead atoms. The second-order valence-electron chi connectivity index (χ2n) is 7.76. The minimum Gasteiger partial charge on any atom is -0.390 e. The van der Waals surface area contributed by atoms with E-state index in [1.807, 2.05) is 0 Å². The lowest BCUT2D eigenvalue weighted by Crippen LogP contribution is -2.56. The van der Waals surface area contributed by atoms with Crippen molar-refractivity contribution in [2.75, 3.05) is 0 Å². The summed E-state index contributed by atoms with van der Waals surface area (Å²) in [4.78, 5) is 0. The van der Waals surface area contributed by atoms with Gasteiger partial charge in [-0.1, -0.05) is 13.8 Å². The molecule has 2 nitrogen and oxygen atoms in total. The van der Waals surface area contributed by atoms with E-state index in [9.17, 15) is 5.11 Å². The Balaban J connectivity index is 1.69. The van der Waals surface area contributed by atoms with E-state index in [4.69, 9.17) is 4.74 Å². The maximum absolute atomic E-state index is 11.0. The summed E-state index contributed by atoms with van der Waals surface area (Å²) in [6.45, 7) is 4.76. The maximum atomic E-state index is 11.0. The summed E-state index contributed by atoms with van der Waals surface area (Å²) in [5, 5.41) is 11.0.